The van der Waals surface area contributed by atoms with E-state index < -0.39 is 23.2 Å². The standard InChI is InChI=1S/C31H29F3O2.C31H32O2.C22H22O2.C19H21F3/c1-20-6-12-28(18-22(20)3)35-26-14-8-24(9-15-26)30(5,31(32,33)34)25-10-16-27(17-11-25)36-29-13-7-21(2)23(4)19-29;1-21-7-13-29(19-23(21)3)32-27-15-9-25(10-16-27)31(5,6)26-11-17-28(18-12-26)33-30-14-8-22(2)24(4)20-30;1-15-5-7-21(13-17(15)3)23-19-9-11-20(12-10-19)24-22-8-6-16(2)18(4)14-22;1-12-6-8-16(10-14(12)3)18(5,19(20,21)22)17-9-7-13(2)15(4)11-17/h6-19H,1-5H3;7-20H,1-6H3;5-14H,1-4H3;6-11H,1-5H3. The van der Waals surface area contributed by atoms with Crippen LogP contribution in [0.5, 0.6) is 69.0 Å². The number of halogens is 6. The first-order valence-electron chi connectivity index (χ1n) is 38.6. The molecule has 0 N–H and O–H groups in total. The zero-order valence-electron chi connectivity index (χ0n) is 69.6. The Morgan fingerprint density at radius 1 is 0.157 bits per heavy atom. The van der Waals surface area contributed by atoms with Crippen LogP contribution >= 0.6 is 0 Å². The van der Waals surface area contributed by atoms with E-state index in [9.17, 15) is 26.3 Å². The maximum absolute atomic E-state index is 14.5. The van der Waals surface area contributed by atoms with E-state index >= 15 is 0 Å². The third kappa shape index (κ3) is 21.2. The molecule has 0 aliphatic rings. The maximum atomic E-state index is 14.5. The summed E-state index contributed by atoms with van der Waals surface area (Å²) in [4.78, 5) is 0. The van der Waals surface area contributed by atoms with Gasteiger partial charge in [0.2, 0.25) is 0 Å². The molecular formula is C103H104F6O6. The molecule has 594 valence electrons. The number of benzene rings is 13. The van der Waals surface area contributed by atoms with Crippen LogP contribution in [0.2, 0.25) is 0 Å². The van der Waals surface area contributed by atoms with Crippen molar-refractivity contribution in [3.05, 3.63) is 389 Å². The lowest BCUT2D eigenvalue weighted by molar-refractivity contribution is -0.173. The number of aryl methyl sites for hydroxylation is 16. The molecule has 115 heavy (non-hydrogen) atoms. The van der Waals surface area contributed by atoms with Crippen molar-refractivity contribution in [3.63, 3.8) is 0 Å². The minimum Gasteiger partial charge on any atom is -0.457 e. The van der Waals surface area contributed by atoms with Gasteiger partial charge in [-0.2, -0.15) is 26.3 Å². The summed E-state index contributed by atoms with van der Waals surface area (Å²) in [5.41, 5.74) is 17.1. The monoisotopic (exact) mass is 1550 g/mol. The van der Waals surface area contributed by atoms with Gasteiger partial charge in [0.1, 0.15) is 79.8 Å². The van der Waals surface area contributed by atoms with E-state index in [-0.39, 0.29) is 27.7 Å². The van der Waals surface area contributed by atoms with Crippen molar-refractivity contribution < 1.29 is 54.8 Å². The Hall–Kier alpha value is -11.8. The highest BCUT2D eigenvalue weighted by Crippen LogP contribution is 2.49. The Kier molecular flexibility index (Phi) is 26.9. The quantitative estimate of drug-likeness (QED) is 0.0798. The lowest BCUT2D eigenvalue weighted by atomic mass is 9.74. The van der Waals surface area contributed by atoms with Crippen molar-refractivity contribution >= 4 is 0 Å². The van der Waals surface area contributed by atoms with Gasteiger partial charge in [0.25, 0.3) is 0 Å². The van der Waals surface area contributed by atoms with E-state index in [1.165, 1.54) is 93.7 Å². The summed E-state index contributed by atoms with van der Waals surface area (Å²) >= 11 is 0. The van der Waals surface area contributed by atoms with E-state index in [0.717, 1.165) is 90.5 Å². The fraction of sp³-hybridized carbons (Fsp3) is 0.243. The summed E-state index contributed by atoms with van der Waals surface area (Å²) in [5.74, 6) is 8.94. The maximum Gasteiger partial charge on any atom is 0.402 e. The molecule has 0 aliphatic carbocycles. The van der Waals surface area contributed by atoms with Crippen molar-refractivity contribution in [1.29, 1.82) is 0 Å². The first-order chi connectivity index (χ1) is 54.3. The number of rotatable bonds is 18. The average molecular weight is 1550 g/mol. The molecule has 0 aliphatic heterocycles. The van der Waals surface area contributed by atoms with Crippen molar-refractivity contribution in [2.75, 3.05) is 0 Å². The molecule has 0 heterocycles. The van der Waals surface area contributed by atoms with Crippen LogP contribution in [0, 0.1) is 111 Å². The van der Waals surface area contributed by atoms with E-state index in [1.54, 1.807) is 60.7 Å². The molecule has 0 atom stereocenters. The van der Waals surface area contributed by atoms with Gasteiger partial charge in [-0.15, -0.1) is 0 Å². The third-order valence-corrected chi connectivity index (χ3v) is 22.4. The van der Waals surface area contributed by atoms with Crippen molar-refractivity contribution in [1.82, 2.24) is 0 Å². The highest BCUT2D eigenvalue weighted by atomic mass is 19.4. The van der Waals surface area contributed by atoms with Crippen molar-refractivity contribution in [2.45, 2.75) is 167 Å². The van der Waals surface area contributed by atoms with E-state index in [1.807, 2.05) is 165 Å². The Bertz CT molecular complexity index is 5180. The van der Waals surface area contributed by atoms with Crippen LogP contribution in [0.1, 0.15) is 150 Å². The Morgan fingerprint density at radius 3 is 0.470 bits per heavy atom. The molecule has 0 amide bonds. The van der Waals surface area contributed by atoms with Gasteiger partial charge in [-0.1, -0.05) is 135 Å². The molecule has 0 unspecified atom stereocenters. The van der Waals surface area contributed by atoms with Crippen LogP contribution in [0.4, 0.5) is 26.3 Å². The van der Waals surface area contributed by atoms with Gasteiger partial charge >= 0.3 is 12.4 Å². The lowest BCUT2D eigenvalue weighted by Crippen LogP contribution is -2.40. The normalized spacial score (nSPS) is 11.6. The molecule has 13 aromatic carbocycles. The zero-order valence-corrected chi connectivity index (χ0v) is 69.6. The molecular weight excluding hydrogens is 1450 g/mol. The summed E-state index contributed by atoms with van der Waals surface area (Å²) in [7, 11) is 0. The van der Waals surface area contributed by atoms with Gasteiger partial charge in [-0.25, -0.2) is 0 Å². The van der Waals surface area contributed by atoms with Gasteiger partial charge in [0.15, 0.2) is 0 Å². The molecule has 0 saturated carbocycles. The second kappa shape index (κ2) is 36.2. The van der Waals surface area contributed by atoms with E-state index in [2.05, 4.69) is 142 Å². The fourth-order valence-electron chi connectivity index (χ4n) is 12.9. The molecule has 0 saturated heterocycles. The molecule has 0 aromatic heterocycles. The molecule has 13 rings (SSSR count). The smallest absolute Gasteiger partial charge is 0.402 e. The summed E-state index contributed by atoms with van der Waals surface area (Å²) in [5, 5.41) is 0. The molecule has 0 spiro atoms. The second-order valence-electron chi connectivity index (χ2n) is 31.1. The Morgan fingerprint density at radius 2 is 0.296 bits per heavy atom. The molecule has 13 aromatic rings. The van der Waals surface area contributed by atoms with Gasteiger partial charge in [0, 0.05) is 5.41 Å². The number of alkyl halides is 6. The predicted octanol–water partition coefficient (Wildman–Crippen LogP) is 30.5. The van der Waals surface area contributed by atoms with Crippen LogP contribution in [-0.2, 0) is 16.2 Å². The number of hydrogen-bond acceptors (Lipinski definition) is 6. The zero-order chi connectivity index (χ0) is 83.5. The molecule has 0 radical (unpaired) electrons. The largest absolute Gasteiger partial charge is 0.457 e. The van der Waals surface area contributed by atoms with Crippen molar-refractivity contribution in [3.8, 4) is 69.0 Å². The molecule has 12 heteroatoms. The SMILES string of the molecule is Cc1ccc(C(C)(c2ccc(C)c(C)c2)C(F)(F)F)cc1C.Cc1ccc(Oc2ccc(C(C)(C)c3ccc(Oc4ccc(C)c(C)c4)cc3)cc2)cc1C.Cc1ccc(Oc2ccc(C(C)(c3ccc(Oc4ccc(C)c(C)c4)cc3)C(F)(F)F)cc2)cc1C.Cc1ccc(Oc2ccc(Oc3ccc(C)c(C)c3)cc2)cc1C. The highest BCUT2D eigenvalue weighted by Gasteiger charge is 2.54. The number of ether oxygens (including phenoxy) is 6. The predicted molar refractivity (Wildman–Crippen MR) is 457 cm³/mol. The summed E-state index contributed by atoms with van der Waals surface area (Å²) in [6.45, 7) is 39.2. The first kappa shape index (κ1) is 85.7. The van der Waals surface area contributed by atoms with Crippen LogP contribution in [-0.4, -0.2) is 12.4 Å². The highest BCUT2D eigenvalue weighted by molar-refractivity contribution is 5.51. The minimum atomic E-state index is -4.51. The molecule has 0 bridgehead atoms. The van der Waals surface area contributed by atoms with Crippen LogP contribution in [0.15, 0.2) is 267 Å². The van der Waals surface area contributed by atoms with Crippen LogP contribution in [0.3, 0.4) is 0 Å². The summed E-state index contributed by atoms with van der Waals surface area (Å²) in [6, 6.07) is 82.7. The van der Waals surface area contributed by atoms with Crippen molar-refractivity contribution in [2.24, 2.45) is 0 Å². The average Bonchev–Trinajstić information content (AvgIpc) is 0.754. The van der Waals surface area contributed by atoms with Crippen LogP contribution in [0.25, 0.3) is 0 Å². The third-order valence-electron chi connectivity index (χ3n) is 22.4. The van der Waals surface area contributed by atoms with Gasteiger partial charge in [-0.3, -0.25) is 0 Å². The van der Waals surface area contributed by atoms with E-state index in [0.29, 0.717) is 23.0 Å². The van der Waals surface area contributed by atoms with Crippen LogP contribution < -0.4 is 28.4 Å². The fourth-order valence-corrected chi connectivity index (χ4v) is 12.9. The van der Waals surface area contributed by atoms with E-state index in [4.69, 9.17) is 28.4 Å². The molecule has 6 nitrogen and oxygen atoms in total. The Labute approximate surface area is 676 Å². The van der Waals surface area contributed by atoms with Gasteiger partial charge in [-0.05, 0) is 393 Å². The minimum absolute atomic E-state index is 0.130. The summed E-state index contributed by atoms with van der Waals surface area (Å²) < 4.78 is 121. The number of hydrogen-bond donors (Lipinski definition) is 0. The first-order valence-corrected chi connectivity index (χ1v) is 38.6. The topological polar surface area (TPSA) is 55.4 Å². The second-order valence-corrected chi connectivity index (χ2v) is 31.1. The Balaban J connectivity index is 0.000000165. The van der Waals surface area contributed by atoms with Gasteiger partial charge in [0.05, 0.1) is 0 Å². The molecule has 0 fully saturated rings. The summed E-state index contributed by atoms with van der Waals surface area (Å²) in [6.07, 6.45) is -8.88. The lowest BCUT2D eigenvalue weighted by Gasteiger charge is -2.34. The van der Waals surface area contributed by atoms with Gasteiger partial charge < -0.3 is 28.4 Å².